The van der Waals surface area contributed by atoms with E-state index in [-0.39, 0.29) is 11.3 Å². The van der Waals surface area contributed by atoms with Crippen LogP contribution in [0.25, 0.3) is 0 Å². The number of hydrogen-bond donors (Lipinski definition) is 3. The maximum atomic E-state index is 10.9. The van der Waals surface area contributed by atoms with E-state index in [9.17, 15) is 9.90 Å². The minimum Gasteiger partial charge on any atom is -0.508 e. The lowest BCUT2D eigenvalue weighted by Crippen LogP contribution is -2.03. The van der Waals surface area contributed by atoms with E-state index in [1.54, 1.807) is 36.4 Å². The minimum atomic E-state index is -0.975. The van der Waals surface area contributed by atoms with Crippen molar-refractivity contribution >= 4 is 17.4 Å². The Labute approximate surface area is 122 Å². The summed E-state index contributed by atoms with van der Waals surface area (Å²) < 4.78 is 0. The number of hydrazone groups is 1. The molecule has 0 aliphatic heterocycles. The highest BCUT2D eigenvalue weighted by Crippen LogP contribution is 2.14. The molecule has 0 aliphatic carbocycles. The Bertz CT molecular complexity index is 663. The molecule has 0 aliphatic rings. The van der Waals surface area contributed by atoms with Gasteiger partial charge >= 0.3 is 5.97 Å². The van der Waals surface area contributed by atoms with Crippen LogP contribution in [-0.2, 0) is 0 Å². The summed E-state index contributed by atoms with van der Waals surface area (Å²) in [5.41, 5.74) is 5.40. The van der Waals surface area contributed by atoms with Crippen molar-refractivity contribution in [2.75, 3.05) is 5.43 Å². The first-order valence-electron chi connectivity index (χ1n) is 6.55. The molecule has 0 saturated carbocycles. The van der Waals surface area contributed by atoms with Crippen molar-refractivity contribution in [2.45, 2.75) is 13.3 Å². The van der Waals surface area contributed by atoms with Gasteiger partial charge in [0.1, 0.15) is 5.75 Å². The zero-order valence-corrected chi connectivity index (χ0v) is 11.6. The molecule has 0 saturated heterocycles. The maximum Gasteiger partial charge on any atom is 0.335 e. The van der Waals surface area contributed by atoms with E-state index < -0.39 is 5.97 Å². The normalized spacial score (nSPS) is 11.2. The van der Waals surface area contributed by atoms with Gasteiger partial charge in [0, 0.05) is 0 Å². The third-order valence-electron chi connectivity index (χ3n) is 2.96. The number of nitrogens with one attached hydrogen (secondary N) is 1. The molecule has 3 N–H and O–H groups in total. The van der Waals surface area contributed by atoms with Crippen LogP contribution >= 0.6 is 0 Å². The molecule has 21 heavy (non-hydrogen) atoms. The summed E-state index contributed by atoms with van der Waals surface area (Å²) in [6.45, 7) is 1.97. The average molecular weight is 284 g/mol. The van der Waals surface area contributed by atoms with Crippen molar-refractivity contribution < 1.29 is 15.0 Å². The second-order valence-electron chi connectivity index (χ2n) is 4.46. The van der Waals surface area contributed by atoms with Gasteiger partial charge < -0.3 is 10.2 Å². The molecule has 2 rings (SSSR count). The van der Waals surface area contributed by atoms with Crippen LogP contribution in [0.4, 0.5) is 5.69 Å². The quantitative estimate of drug-likeness (QED) is 0.581. The highest BCUT2D eigenvalue weighted by atomic mass is 16.4. The molecule has 5 heteroatoms. The van der Waals surface area contributed by atoms with Crippen molar-refractivity contribution in [2.24, 2.45) is 5.10 Å². The number of carbonyl (C=O) groups is 1. The van der Waals surface area contributed by atoms with Crippen LogP contribution in [0.3, 0.4) is 0 Å². The van der Waals surface area contributed by atoms with Crippen molar-refractivity contribution in [3.05, 3.63) is 59.7 Å². The van der Waals surface area contributed by atoms with Gasteiger partial charge in [-0.1, -0.05) is 13.0 Å². The first-order valence-corrected chi connectivity index (χ1v) is 6.55. The molecule has 0 fully saturated rings. The first-order chi connectivity index (χ1) is 10.1. The topological polar surface area (TPSA) is 81.9 Å². The summed E-state index contributed by atoms with van der Waals surface area (Å²) in [5, 5.41) is 22.5. The standard InChI is InChI=1S/C16H16N2O3/c1-2-15(11-6-8-14(19)9-7-11)18-17-13-5-3-4-12(10-13)16(20)21/h3-10,17,19H,2H2,1H3,(H,20,21)/b18-15+. The van der Waals surface area contributed by atoms with Gasteiger partial charge in [0.2, 0.25) is 0 Å². The van der Waals surface area contributed by atoms with Crippen LogP contribution in [0.5, 0.6) is 5.75 Å². The molecular weight excluding hydrogens is 268 g/mol. The number of aromatic carboxylic acids is 1. The zero-order chi connectivity index (χ0) is 15.2. The van der Waals surface area contributed by atoms with E-state index in [0.29, 0.717) is 12.1 Å². The van der Waals surface area contributed by atoms with Crippen LogP contribution < -0.4 is 5.43 Å². The lowest BCUT2D eigenvalue weighted by atomic mass is 10.1. The Morgan fingerprint density at radius 3 is 2.48 bits per heavy atom. The molecule has 0 unspecified atom stereocenters. The van der Waals surface area contributed by atoms with Gasteiger partial charge in [0.15, 0.2) is 0 Å². The summed E-state index contributed by atoms with van der Waals surface area (Å²) in [6, 6.07) is 13.2. The predicted molar refractivity (Wildman–Crippen MR) is 82.0 cm³/mol. The van der Waals surface area contributed by atoms with Crippen molar-refractivity contribution in [3.8, 4) is 5.75 Å². The lowest BCUT2D eigenvalue weighted by molar-refractivity contribution is 0.0697. The average Bonchev–Trinajstić information content (AvgIpc) is 2.50. The van der Waals surface area contributed by atoms with Crippen molar-refractivity contribution in [3.63, 3.8) is 0 Å². The molecule has 2 aromatic carbocycles. The van der Waals surface area contributed by atoms with E-state index in [2.05, 4.69) is 10.5 Å². The monoisotopic (exact) mass is 284 g/mol. The Hall–Kier alpha value is -2.82. The van der Waals surface area contributed by atoms with E-state index in [1.807, 2.05) is 6.92 Å². The number of nitrogens with zero attached hydrogens (tertiary/aromatic N) is 1. The molecular formula is C16H16N2O3. The van der Waals surface area contributed by atoms with Gasteiger partial charge in [-0.25, -0.2) is 4.79 Å². The summed E-state index contributed by atoms with van der Waals surface area (Å²) in [4.78, 5) is 10.9. The first kappa shape index (κ1) is 14.6. The summed E-state index contributed by atoms with van der Waals surface area (Å²) in [5.74, 6) is -0.770. The fourth-order valence-corrected chi connectivity index (χ4v) is 1.86. The molecule has 0 bridgehead atoms. The van der Waals surface area contributed by atoms with Gasteiger partial charge in [-0.2, -0.15) is 5.10 Å². The molecule has 0 spiro atoms. The third kappa shape index (κ3) is 3.82. The van der Waals surface area contributed by atoms with Crippen molar-refractivity contribution in [1.82, 2.24) is 0 Å². The smallest absolute Gasteiger partial charge is 0.335 e. The number of phenolic OH excluding ortho intramolecular Hbond substituents is 1. The van der Waals surface area contributed by atoms with Gasteiger partial charge in [0.05, 0.1) is 17.0 Å². The molecule has 0 aromatic heterocycles. The zero-order valence-electron chi connectivity index (χ0n) is 11.6. The van der Waals surface area contributed by atoms with Gasteiger partial charge in [-0.15, -0.1) is 0 Å². The molecule has 2 aromatic rings. The number of carboxylic acid groups (broad SMARTS) is 1. The van der Waals surface area contributed by atoms with Crippen LogP contribution in [0, 0.1) is 0 Å². The van der Waals surface area contributed by atoms with E-state index in [1.165, 1.54) is 12.1 Å². The lowest BCUT2D eigenvalue weighted by Gasteiger charge is -2.07. The second-order valence-corrected chi connectivity index (χ2v) is 4.46. The van der Waals surface area contributed by atoms with Gasteiger partial charge in [-0.3, -0.25) is 5.43 Å². The van der Waals surface area contributed by atoms with E-state index in [4.69, 9.17) is 5.11 Å². The number of rotatable bonds is 5. The molecule has 108 valence electrons. The predicted octanol–water partition coefficient (Wildman–Crippen LogP) is 3.32. The Morgan fingerprint density at radius 1 is 1.14 bits per heavy atom. The largest absolute Gasteiger partial charge is 0.508 e. The van der Waals surface area contributed by atoms with Crippen LogP contribution in [-0.4, -0.2) is 21.9 Å². The van der Waals surface area contributed by atoms with E-state index in [0.717, 1.165) is 11.3 Å². The number of hydrogen-bond acceptors (Lipinski definition) is 4. The second kappa shape index (κ2) is 6.56. The molecule has 0 amide bonds. The van der Waals surface area contributed by atoms with Gasteiger partial charge in [-0.05, 0) is 54.4 Å². The highest BCUT2D eigenvalue weighted by Gasteiger charge is 2.04. The van der Waals surface area contributed by atoms with E-state index >= 15 is 0 Å². The highest BCUT2D eigenvalue weighted by molar-refractivity contribution is 6.00. The Kier molecular flexibility index (Phi) is 4.56. The van der Waals surface area contributed by atoms with Crippen molar-refractivity contribution in [1.29, 1.82) is 0 Å². The van der Waals surface area contributed by atoms with Crippen LogP contribution in [0.2, 0.25) is 0 Å². The Balaban J connectivity index is 2.19. The molecule has 0 radical (unpaired) electrons. The fraction of sp³-hybridized carbons (Fsp3) is 0.125. The summed E-state index contributed by atoms with van der Waals surface area (Å²) >= 11 is 0. The number of anilines is 1. The van der Waals surface area contributed by atoms with Crippen LogP contribution in [0.15, 0.2) is 53.6 Å². The summed E-state index contributed by atoms with van der Waals surface area (Å²) in [6.07, 6.45) is 0.705. The fourth-order valence-electron chi connectivity index (χ4n) is 1.86. The maximum absolute atomic E-state index is 10.9. The molecule has 0 atom stereocenters. The SMILES string of the molecule is CC/C(=N\Nc1cccc(C(=O)O)c1)c1ccc(O)cc1. The van der Waals surface area contributed by atoms with Gasteiger partial charge in [0.25, 0.3) is 0 Å². The molecule has 0 heterocycles. The summed E-state index contributed by atoms with van der Waals surface area (Å²) in [7, 11) is 0. The number of aromatic hydroxyl groups is 1. The number of carboxylic acids is 1. The number of benzene rings is 2. The molecule has 5 nitrogen and oxygen atoms in total. The number of phenols is 1. The third-order valence-corrected chi connectivity index (χ3v) is 2.96. The Morgan fingerprint density at radius 2 is 1.86 bits per heavy atom. The minimum absolute atomic E-state index is 0.205. The van der Waals surface area contributed by atoms with Crippen LogP contribution in [0.1, 0.15) is 29.3 Å².